The molecule has 1 aromatic heterocycles. The Labute approximate surface area is 188 Å². The van der Waals surface area contributed by atoms with E-state index in [1.54, 1.807) is 0 Å². The van der Waals surface area contributed by atoms with E-state index in [1.807, 2.05) is 47.4 Å². The summed E-state index contributed by atoms with van der Waals surface area (Å²) in [5, 5.41) is 11.5. The van der Waals surface area contributed by atoms with Crippen molar-refractivity contribution in [3.8, 4) is 0 Å². The number of ether oxygens (including phenoxy) is 1. The first kappa shape index (κ1) is 20.8. The van der Waals surface area contributed by atoms with Crippen molar-refractivity contribution >= 4 is 23.1 Å². The lowest BCUT2D eigenvalue weighted by Crippen LogP contribution is -2.37. The quantitative estimate of drug-likeness (QED) is 0.547. The molecule has 1 aliphatic carbocycles. The Bertz CT molecular complexity index is 1110. The summed E-state index contributed by atoms with van der Waals surface area (Å²) in [5.41, 5.74) is 3.77. The van der Waals surface area contributed by atoms with E-state index in [9.17, 15) is 9.90 Å². The number of fused-ring (bicyclic) bond motifs is 1. The monoisotopic (exact) mass is 430 g/mol. The van der Waals surface area contributed by atoms with E-state index >= 15 is 0 Å². The van der Waals surface area contributed by atoms with Crippen LogP contribution in [0, 0.1) is 0 Å². The van der Waals surface area contributed by atoms with E-state index in [-0.39, 0.29) is 12.1 Å². The van der Waals surface area contributed by atoms with Crippen molar-refractivity contribution in [3.05, 3.63) is 77.5 Å². The SMILES string of the molecule is O=C(OCc1ccccc1)N1CCC[C@@H]1Cc1c[nH]c2ccc(C=CC3(O)CCC3)cc12. The number of nitrogens with zero attached hydrogens (tertiary/aromatic N) is 1. The number of benzene rings is 2. The molecule has 1 saturated carbocycles. The second-order valence-electron chi connectivity index (χ2n) is 9.14. The number of carbonyl (C=O) groups is 1. The number of amides is 1. The van der Waals surface area contributed by atoms with E-state index in [0.29, 0.717) is 6.61 Å². The van der Waals surface area contributed by atoms with E-state index in [0.717, 1.165) is 61.7 Å². The van der Waals surface area contributed by atoms with E-state index in [2.05, 4.69) is 29.4 Å². The number of carbonyl (C=O) groups excluding carboxylic acids is 1. The summed E-state index contributed by atoms with van der Waals surface area (Å²) in [6.45, 7) is 1.05. The molecular formula is C27H30N2O3. The molecule has 2 heterocycles. The van der Waals surface area contributed by atoms with Crippen molar-refractivity contribution in [2.24, 2.45) is 0 Å². The van der Waals surface area contributed by atoms with Gasteiger partial charge in [0.1, 0.15) is 6.61 Å². The van der Waals surface area contributed by atoms with E-state index in [1.165, 1.54) is 10.9 Å². The first-order valence-electron chi connectivity index (χ1n) is 11.6. The van der Waals surface area contributed by atoms with Gasteiger partial charge in [-0.2, -0.15) is 0 Å². The molecule has 0 spiro atoms. The largest absolute Gasteiger partial charge is 0.445 e. The molecule has 1 saturated heterocycles. The molecule has 5 nitrogen and oxygen atoms in total. The first-order chi connectivity index (χ1) is 15.6. The van der Waals surface area contributed by atoms with Crippen LogP contribution in [-0.4, -0.2) is 39.3 Å². The van der Waals surface area contributed by atoms with Gasteiger partial charge in [-0.25, -0.2) is 4.79 Å². The molecule has 5 rings (SSSR count). The van der Waals surface area contributed by atoms with Crippen LogP contribution in [0.15, 0.2) is 60.8 Å². The maximum Gasteiger partial charge on any atom is 0.410 e. The summed E-state index contributed by atoms with van der Waals surface area (Å²) < 4.78 is 5.59. The van der Waals surface area contributed by atoms with Crippen LogP contribution >= 0.6 is 0 Å². The van der Waals surface area contributed by atoms with Crippen molar-refractivity contribution in [1.82, 2.24) is 9.88 Å². The number of hydrogen-bond acceptors (Lipinski definition) is 3. The molecule has 1 amide bonds. The zero-order chi connectivity index (χ0) is 22.0. The number of nitrogens with one attached hydrogen (secondary N) is 1. The Balaban J connectivity index is 1.27. The van der Waals surface area contributed by atoms with Gasteiger partial charge in [0.15, 0.2) is 0 Å². The second-order valence-corrected chi connectivity index (χ2v) is 9.14. The van der Waals surface area contributed by atoms with Crippen molar-refractivity contribution < 1.29 is 14.6 Å². The standard InChI is InChI=1S/C27H30N2O3/c30-26(32-19-21-6-2-1-3-7-21)29-15-4-8-23(29)17-22-18-28-25-10-9-20(16-24(22)25)11-14-27(31)12-5-13-27/h1-3,6-7,9-11,14,16,18,23,28,31H,4-5,8,12-13,15,17,19H2/t23-/m1/s1. The zero-order valence-electron chi connectivity index (χ0n) is 18.3. The Kier molecular flexibility index (Phi) is 5.75. The van der Waals surface area contributed by atoms with Crippen molar-refractivity contribution in [1.29, 1.82) is 0 Å². The number of aromatic amines is 1. The van der Waals surface area contributed by atoms with Crippen LogP contribution in [0.4, 0.5) is 4.79 Å². The summed E-state index contributed by atoms with van der Waals surface area (Å²) in [6, 6.07) is 16.3. The minimum absolute atomic E-state index is 0.146. The van der Waals surface area contributed by atoms with Gasteiger partial charge in [-0.05, 0) is 67.3 Å². The molecule has 0 bridgehead atoms. The number of aliphatic hydroxyl groups is 1. The summed E-state index contributed by atoms with van der Waals surface area (Å²) >= 11 is 0. The molecule has 2 fully saturated rings. The van der Waals surface area contributed by atoms with Crippen LogP contribution in [-0.2, 0) is 17.8 Å². The van der Waals surface area contributed by atoms with Crippen molar-refractivity contribution in [2.75, 3.05) is 6.54 Å². The predicted octanol–water partition coefficient (Wildman–Crippen LogP) is 5.44. The van der Waals surface area contributed by atoms with Crippen LogP contribution in [0.1, 0.15) is 48.8 Å². The van der Waals surface area contributed by atoms with Gasteiger partial charge in [-0.3, -0.25) is 0 Å². The lowest BCUT2D eigenvalue weighted by atomic mass is 9.80. The highest BCUT2D eigenvalue weighted by Gasteiger charge is 2.32. The lowest BCUT2D eigenvalue weighted by Gasteiger charge is -2.33. The number of H-pyrrole nitrogens is 1. The van der Waals surface area contributed by atoms with E-state index in [4.69, 9.17) is 4.74 Å². The number of hydrogen-bond donors (Lipinski definition) is 2. The number of rotatable bonds is 6. The van der Waals surface area contributed by atoms with Gasteiger partial charge in [-0.15, -0.1) is 0 Å². The Hall–Kier alpha value is -3.05. The average molecular weight is 431 g/mol. The minimum atomic E-state index is -0.625. The normalized spacial score (nSPS) is 20.0. The average Bonchev–Trinajstić information content (AvgIpc) is 3.43. The fourth-order valence-corrected chi connectivity index (χ4v) is 4.77. The summed E-state index contributed by atoms with van der Waals surface area (Å²) in [4.78, 5) is 18.0. The van der Waals surface area contributed by atoms with Crippen molar-refractivity contribution in [3.63, 3.8) is 0 Å². The molecule has 166 valence electrons. The topological polar surface area (TPSA) is 65.6 Å². The third-order valence-corrected chi connectivity index (χ3v) is 6.87. The molecule has 2 aliphatic rings. The lowest BCUT2D eigenvalue weighted by molar-refractivity contribution is 0.0150. The number of aromatic nitrogens is 1. The van der Waals surface area contributed by atoms with E-state index < -0.39 is 5.60 Å². The molecule has 3 aromatic rings. The molecule has 0 unspecified atom stereocenters. The number of likely N-dealkylation sites (tertiary alicyclic amines) is 1. The summed E-state index contributed by atoms with van der Waals surface area (Å²) in [7, 11) is 0. The smallest absolute Gasteiger partial charge is 0.410 e. The summed E-state index contributed by atoms with van der Waals surface area (Å²) in [5.74, 6) is 0. The third kappa shape index (κ3) is 4.44. The fourth-order valence-electron chi connectivity index (χ4n) is 4.77. The van der Waals surface area contributed by atoms with Gasteiger partial charge >= 0.3 is 6.09 Å². The van der Waals surface area contributed by atoms with Crippen LogP contribution in [0.3, 0.4) is 0 Å². The highest BCUT2D eigenvalue weighted by molar-refractivity contribution is 5.85. The molecule has 32 heavy (non-hydrogen) atoms. The molecule has 5 heteroatoms. The van der Waals surface area contributed by atoms with Gasteiger partial charge < -0.3 is 19.7 Å². The Morgan fingerprint density at radius 2 is 2.03 bits per heavy atom. The third-order valence-electron chi connectivity index (χ3n) is 6.87. The van der Waals surface area contributed by atoms with Gasteiger partial charge in [0.05, 0.1) is 5.60 Å². The second kappa shape index (κ2) is 8.83. The summed E-state index contributed by atoms with van der Waals surface area (Å²) in [6.07, 6.45) is 11.4. The van der Waals surface area contributed by atoms with Crippen LogP contribution < -0.4 is 0 Å². The zero-order valence-corrected chi connectivity index (χ0v) is 18.3. The van der Waals surface area contributed by atoms with Gasteiger partial charge in [0.25, 0.3) is 0 Å². The fraction of sp³-hybridized carbons (Fsp3) is 0.370. The minimum Gasteiger partial charge on any atom is -0.445 e. The van der Waals surface area contributed by atoms with Gasteiger partial charge in [-0.1, -0.05) is 48.6 Å². The van der Waals surface area contributed by atoms with Crippen LogP contribution in [0.25, 0.3) is 17.0 Å². The Morgan fingerprint density at radius 3 is 2.81 bits per heavy atom. The predicted molar refractivity (Wildman–Crippen MR) is 126 cm³/mol. The molecule has 1 atom stereocenters. The maximum atomic E-state index is 12.8. The maximum absolute atomic E-state index is 12.8. The molecule has 1 aliphatic heterocycles. The van der Waals surface area contributed by atoms with Gasteiger partial charge in [0.2, 0.25) is 0 Å². The molecule has 0 radical (unpaired) electrons. The highest BCUT2D eigenvalue weighted by Crippen LogP contribution is 2.34. The highest BCUT2D eigenvalue weighted by atomic mass is 16.6. The van der Waals surface area contributed by atoms with Gasteiger partial charge in [0, 0.05) is 29.7 Å². The molecular weight excluding hydrogens is 400 g/mol. The molecule has 2 aromatic carbocycles. The Morgan fingerprint density at radius 1 is 1.19 bits per heavy atom. The first-order valence-corrected chi connectivity index (χ1v) is 11.6. The van der Waals surface area contributed by atoms with Crippen LogP contribution in [0.2, 0.25) is 0 Å². The van der Waals surface area contributed by atoms with Crippen LogP contribution in [0.5, 0.6) is 0 Å². The van der Waals surface area contributed by atoms with Crippen molar-refractivity contribution in [2.45, 2.75) is 56.8 Å². The molecule has 2 N–H and O–H groups in total.